The minimum Gasteiger partial charge on any atom is -0.481 e. The number of carbonyl (C=O) groups is 2. The molecule has 1 aromatic carbocycles. The summed E-state index contributed by atoms with van der Waals surface area (Å²) in [6.45, 7) is 1.65. The van der Waals surface area contributed by atoms with Crippen molar-refractivity contribution >= 4 is 23.6 Å². The molecule has 1 unspecified atom stereocenters. The lowest BCUT2D eigenvalue weighted by Gasteiger charge is -2.20. The topological polar surface area (TPSA) is 57.6 Å². The molecular formula is C18H23NO3S. The maximum absolute atomic E-state index is 12.6. The first-order valence-electron chi connectivity index (χ1n) is 8.33. The maximum atomic E-state index is 12.6. The van der Waals surface area contributed by atoms with E-state index < -0.39 is 5.97 Å². The van der Waals surface area contributed by atoms with E-state index >= 15 is 0 Å². The van der Waals surface area contributed by atoms with E-state index in [1.54, 1.807) is 0 Å². The van der Waals surface area contributed by atoms with Gasteiger partial charge in [0.05, 0.1) is 5.92 Å². The largest absolute Gasteiger partial charge is 0.481 e. The van der Waals surface area contributed by atoms with Crippen LogP contribution in [0.1, 0.15) is 25.7 Å². The summed E-state index contributed by atoms with van der Waals surface area (Å²) in [5, 5.41) is 9.07. The summed E-state index contributed by atoms with van der Waals surface area (Å²) in [7, 11) is 0. The Kier molecular flexibility index (Phi) is 5.26. The molecule has 124 valence electrons. The summed E-state index contributed by atoms with van der Waals surface area (Å²) in [6.07, 6.45) is 2.96. The number of rotatable bonds is 5. The first-order chi connectivity index (χ1) is 11.1. The zero-order valence-electron chi connectivity index (χ0n) is 13.2. The molecule has 0 spiro atoms. The van der Waals surface area contributed by atoms with Crippen LogP contribution in [0, 0.1) is 17.8 Å². The summed E-state index contributed by atoms with van der Waals surface area (Å²) in [4.78, 5) is 26.8. The maximum Gasteiger partial charge on any atom is 0.306 e. The van der Waals surface area contributed by atoms with Crippen LogP contribution in [0.15, 0.2) is 35.2 Å². The van der Waals surface area contributed by atoms with Crippen LogP contribution in [-0.4, -0.2) is 40.7 Å². The van der Waals surface area contributed by atoms with Gasteiger partial charge in [-0.25, -0.2) is 0 Å². The summed E-state index contributed by atoms with van der Waals surface area (Å²) < 4.78 is 0. The van der Waals surface area contributed by atoms with Gasteiger partial charge < -0.3 is 10.0 Å². The van der Waals surface area contributed by atoms with Gasteiger partial charge in [0.15, 0.2) is 0 Å². The van der Waals surface area contributed by atoms with Crippen molar-refractivity contribution < 1.29 is 14.7 Å². The Morgan fingerprint density at radius 2 is 1.87 bits per heavy atom. The number of carboxylic acid groups (broad SMARTS) is 1. The monoisotopic (exact) mass is 333 g/mol. The highest BCUT2D eigenvalue weighted by molar-refractivity contribution is 7.99. The molecule has 1 aliphatic carbocycles. The molecule has 0 aromatic heterocycles. The standard InChI is InChI=1S/C18H23NO3S/c20-17(14-6-7-15(10-14)18(21)22)19-9-8-13(11-19)12-23-16-4-2-1-3-5-16/h1-5,13-15H,6-12H2,(H,21,22)/t13?,14-,15+/m0/s1. The van der Waals surface area contributed by atoms with Gasteiger partial charge in [-0.05, 0) is 43.7 Å². The van der Waals surface area contributed by atoms with Crippen LogP contribution in [0.2, 0.25) is 0 Å². The van der Waals surface area contributed by atoms with Crippen LogP contribution < -0.4 is 0 Å². The van der Waals surface area contributed by atoms with Crippen molar-refractivity contribution in [2.45, 2.75) is 30.6 Å². The molecular weight excluding hydrogens is 310 g/mol. The minimum absolute atomic E-state index is 0.0726. The van der Waals surface area contributed by atoms with Crippen LogP contribution >= 0.6 is 11.8 Å². The number of amides is 1. The van der Waals surface area contributed by atoms with E-state index in [-0.39, 0.29) is 17.7 Å². The SMILES string of the molecule is O=C(O)[C@@H]1CC[C@H](C(=O)N2CCC(CSc3ccccc3)C2)C1. The number of hydrogen-bond acceptors (Lipinski definition) is 3. The van der Waals surface area contributed by atoms with Crippen molar-refractivity contribution in [2.24, 2.45) is 17.8 Å². The number of thioether (sulfide) groups is 1. The number of hydrogen-bond donors (Lipinski definition) is 1. The van der Waals surface area contributed by atoms with E-state index in [0.29, 0.717) is 18.8 Å². The third-order valence-electron chi connectivity index (χ3n) is 4.96. The first-order valence-corrected chi connectivity index (χ1v) is 9.31. The van der Waals surface area contributed by atoms with Crippen LogP contribution in [0.25, 0.3) is 0 Å². The molecule has 1 aromatic rings. The van der Waals surface area contributed by atoms with Crippen LogP contribution in [0.3, 0.4) is 0 Å². The van der Waals surface area contributed by atoms with Gasteiger partial charge in [-0.2, -0.15) is 0 Å². The average molecular weight is 333 g/mol. The Labute approximate surface area is 141 Å². The predicted octanol–water partition coefficient (Wildman–Crippen LogP) is 3.13. The quantitative estimate of drug-likeness (QED) is 0.841. The summed E-state index contributed by atoms with van der Waals surface area (Å²) in [5.74, 6) is 0.615. The Hall–Kier alpha value is -1.49. The molecule has 4 nitrogen and oxygen atoms in total. The molecule has 0 radical (unpaired) electrons. The molecule has 1 amide bonds. The van der Waals surface area contributed by atoms with Gasteiger partial charge in [0.2, 0.25) is 5.91 Å². The van der Waals surface area contributed by atoms with E-state index in [2.05, 4.69) is 12.1 Å². The van der Waals surface area contributed by atoms with Crippen molar-refractivity contribution in [2.75, 3.05) is 18.8 Å². The number of carboxylic acids is 1. The van der Waals surface area contributed by atoms with E-state index in [0.717, 1.165) is 31.7 Å². The second-order valence-corrected chi connectivity index (χ2v) is 7.70. The first kappa shape index (κ1) is 16.4. The predicted molar refractivity (Wildman–Crippen MR) is 90.3 cm³/mol. The molecule has 1 saturated heterocycles. The Bertz CT molecular complexity index is 563. The fourth-order valence-electron chi connectivity index (χ4n) is 3.59. The molecule has 1 aliphatic heterocycles. The molecule has 2 aliphatic rings. The Morgan fingerprint density at radius 1 is 1.13 bits per heavy atom. The van der Waals surface area contributed by atoms with Crippen molar-refractivity contribution in [3.63, 3.8) is 0 Å². The zero-order chi connectivity index (χ0) is 16.2. The molecule has 23 heavy (non-hydrogen) atoms. The van der Waals surface area contributed by atoms with Gasteiger partial charge in [0.25, 0.3) is 0 Å². The van der Waals surface area contributed by atoms with E-state index in [1.807, 2.05) is 34.9 Å². The third-order valence-corrected chi connectivity index (χ3v) is 6.20. The molecule has 3 rings (SSSR count). The second-order valence-electron chi connectivity index (χ2n) is 6.61. The third kappa shape index (κ3) is 4.08. The fourth-order valence-corrected chi connectivity index (χ4v) is 4.64. The lowest BCUT2D eigenvalue weighted by molar-refractivity contribution is -0.141. The van der Waals surface area contributed by atoms with Crippen LogP contribution in [0.5, 0.6) is 0 Å². The minimum atomic E-state index is -0.751. The molecule has 0 bridgehead atoms. The lowest BCUT2D eigenvalue weighted by Crippen LogP contribution is -2.34. The van der Waals surface area contributed by atoms with E-state index in [9.17, 15) is 9.59 Å². The molecule has 1 saturated carbocycles. The Morgan fingerprint density at radius 3 is 2.57 bits per heavy atom. The smallest absolute Gasteiger partial charge is 0.306 e. The van der Waals surface area contributed by atoms with Crippen molar-refractivity contribution in [3.05, 3.63) is 30.3 Å². The summed E-state index contributed by atoms with van der Waals surface area (Å²) in [6, 6.07) is 10.4. The Balaban J connectivity index is 1.46. The molecule has 1 heterocycles. The average Bonchev–Trinajstić information content (AvgIpc) is 3.23. The van der Waals surface area contributed by atoms with Crippen LogP contribution in [0.4, 0.5) is 0 Å². The molecule has 1 N–H and O–H groups in total. The van der Waals surface area contributed by atoms with Gasteiger partial charge in [-0.1, -0.05) is 18.2 Å². The highest BCUT2D eigenvalue weighted by Crippen LogP contribution is 2.34. The molecule has 5 heteroatoms. The van der Waals surface area contributed by atoms with Gasteiger partial charge in [-0.3, -0.25) is 9.59 Å². The summed E-state index contributed by atoms with van der Waals surface area (Å²) in [5.41, 5.74) is 0. The van der Waals surface area contributed by atoms with Crippen LogP contribution in [-0.2, 0) is 9.59 Å². The molecule has 3 atom stereocenters. The summed E-state index contributed by atoms with van der Waals surface area (Å²) >= 11 is 1.85. The number of benzene rings is 1. The number of nitrogens with zero attached hydrogens (tertiary/aromatic N) is 1. The second kappa shape index (κ2) is 7.39. The number of aliphatic carboxylic acids is 1. The van der Waals surface area contributed by atoms with Gasteiger partial charge in [0.1, 0.15) is 0 Å². The highest BCUT2D eigenvalue weighted by Gasteiger charge is 2.37. The van der Waals surface area contributed by atoms with Crippen molar-refractivity contribution in [1.82, 2.24) is 4.90 Å². The van der Waals surface area contributed by atoms with Gasteiger partial charge in [0, 0.05) is 29.7 Å². The van der Waals surface area contributed by atoms with E-state index in [4.69, 9.17) is 5.11 Å². The van der Waals surface area contributed by atoms with Crippen molar-refractivity contribution in [3.8, 4) is 0 Å². The van der Waals surface area contributed by atoms with Gasteiger partial charge >= 0.3 is 5.97 Å². The number of carbonyl (C=O) groups excluding carboxylic acids is 1. The fraction of sp³-hybridized carbons (Fsp3) is 0.556. The normalized spacial score (nSPS) is 27.3. The number of likely N-dealkylation sites (tertiary alicyclic amines) is 1. The lowest BCUT2D eigenvalue weighted by atomic mass is 10.0. The van der Waals surface area contributed by atoms with Crippen molar-refractivity contribution in [1.29, 1.82) is 0 Å². The van der Waals surface area contributed by atoms with Gasteiger partial charge in [-0.15, -0.1) is 11.8 Å². The zero-order valence-corrected chi connectivity index (χ0v) is 14.0. The highest BCUT2D eigenvalue weighted by atomic mass is 32.2. The van der Waals surface area contributed by atoms with E-state index in [1.165, 1.54) is 4.90 Å². The molecule has 2 fully saturated rings.